The summed E-state index contributed by atoms with van der Waals surface area (Å²) < 4.78 is 19.7. The van der Waals surface area contributed by atoms with Crippen LogP contribution in [-0.4, -0.2) is 5.54 Å². The van der Waals surface area contributed by atoms with Crippen LogP contribution >= 0.6 is 0 Å². The molecular formula is C38H39N2O3. The molecule has 8 rings (SSSR count). The second-order valence-corrected chi connectivity index (χ2v) is 14.3. The van der Waals surface area contributed by atoms with E-state index in [0.717, 1.165) is 63.5 Å². The third-order valence-electron chi connectivity index (χ3n) is 9.48. The Labute approximate surface area is 255 Å². The smallest absolute Gasteiger partial charge is 0.155 e. The minimum atomic E-state index is -0.102. The second-order valence-electron chi connectivity index (χ2n) is 14.3. The van der Waals surface area contributed by atoms with E-state index in [0.29, 0.717) is 11.8 Å². The molecule has 0 aliphatic carbocycles. The zero-order valence-corrected chi connectivity index (χ0v) is 26.3. The number of ether oxygens (including phenoxy) is 3. The van der Waals surface area contributed by atoms with Crippen LogP contribution in [0, 0.1) is 11.5 Å². The van der Waals surface area contributed by atoms with Gasteiger partial charge in [-0.25, -0.2) is 0 Å². The van der Waals surface area contributed by atoms with Crippen LogP contribution in [0.3, 0.4) is 0 Å². The lowest BCUT2D eigenvalue weighted by molar-refractivity contribution is 0.376. The number of nitrogens with zero attached hydrogens (tertiary/aromatic N) is 2. The molecule has 0 spiro atoms. The summed E-state index contributed by atoms with van der Waals surface area (Å²) >= 11 is 0. The van der Waals surface area contributed by atoms with Crippen molar-refractivity contribution in [3.05, 3.63) is 89.5 Å². The first-order chi connectivity index (χ1) is 20.5. The third-order valence-corrected chi connectivity index (χ3v) is 9.48. The number of anilines is 4. The molecule has 4 aromatic rings. The quantitative estimate of drug-likeness (QED) is 0.210. The van der Waals surface area contributed by atoms with E-state index in [-0.39, 0.29) is 11.0 Å². The van der Waals surface area contributed by atoms with Crippen molar-refractivity contribution >= 4 is 22.7 Å². The lowest BCUT2D eigenvalue weighted by Crippen LogP contribution is -2.42. The maximum Gasteiger partial charge on any atom is 0.155 e. The molecule has 5 heteroatoms. The van der Waals surface area contributed by atoms with Crippen LogP contribution in [0.5, 0.6) is 34.5 Å². The standard InChI is InChI=1S/C38H39N2O3/c1-21(2)24-12-9-13-25(22(3)4)32(24)40-36(37(5,6)20-38(40,7)8)23-18-30-35-31(19-23)43-29-17-11-15-27-34(29)39(35)33-26(41-27)14-10-16-28(33)42-30/h9-19,21-22H,20H2,1-8H3. The Kier molecular flexibility index (Phi) is 5.37. The molecule has 4 heterocycles. The van der Waals surface area contributed by atoms with Crippen LogP contribution in [0.2, 0.25) is 0 Å². The summed E-state index contributed by atoms with van der Waals surface area (Å²) in [5, 5.41) is 0. The number of para-hydroxylation sites is 3. The van der Waals surface area contributed by atoms with Gasteiger partial charge in [-0.1, -0.05) is 71.9 Å². The Hall–Kier alpha value is -4.12. The summed E-state index contributed by atoms with van der Waals surface area (Å²) in [5.41, 5.74) is 7.84. The van der Waals surface area contributed by atoms with E-state index < -0.39 is 0 Å². The van der Waals surface area contributed by atoms with E-state index in [1.165, 1.54) is 22.9 Å². The van der Waals surface area contributed by atoms with Gasteiger partial charge in [-0.2, -0.15) is 0 Å². The molecule has 1 fully saturated rings. The molecular weight excluding hydrogens is 532 g/mol. The maximum atomic E-state index is 6.70. The summed E-state index contributed by atoms with van der Waals surface area (Å²) in [4.78, 5) is 4.93. The van der Waals surface area contributed by atoms with Gasteiger partial charge < -0.3 is 19.1 Å². The van der Waals surface area contributed by atoms with Crippen molar-refractivity contribution in [3.63, 3.8) is 0 Å². The number of hydrogen-bond donors (Lipinski definition) is 0. The van der Waals surface area contributed by atoms with Gasteiger partial charge in [0.05, 0.1) is 6.04 Å². The third kappa shape index (κ3) is 3.63. The predicted octanol–water partition coefficient (Wildman–Crippen LogP) is 11.3. The van der Waals surface area contributed by atoms with Gasteiger partial charge in [0.25, 0.3) is 0 Å². The summed E-state index contributed by atoms with van der Waals surface area (Å²) in [7, 11) is 0. The van der Waals surface area contributed by atoms with Crippen molar-refractivity contribution in [1.82, 2.24) is 0 Å². The zero-order valence-electron chi connectivity index (χ0n) is 26.3. The van der Waals surface area contributed by atoms with Gasteiger partial charge >= 0.3 is 0 Å². The predicted molar refractivity (Wildman–Crippen MR) is 173 cm³/mol. The highest BCUT2D eigenvalue weighted by Crippen LogP contribution is 2.67. The highest BCUT2D eigenvalue weighted by Gasteiger charge is 2.54. The van der Waals surface area contributed by atoms with Gasteiger partial charge in [0.15, 0.2) is 34.5 Å². The lowest BCUT2D eigenvalue weighted by atomic mass is 9.78. The summed E-state index contributed by atoms with van der Waals surface area (Å²) in [5.74, 6) is 5.53. The van der Waals surface area contributed by atoms with E-state index in [2.05, 4.69) is 95.5 Å². The van der Waals surface area contributed by atoms with Crippen LogP contribution in [0.15, 0.2) is 66.7 Å². The van der Waals surface area contributed by atoms with E-state index >= 15 is 0 Å². The fourth-order valence-corrected chi connectivity index (χ4v) is 8.11. The minimum absolute atomic E-state index is 0.0960. The number of rotatable bonds is 4. The maximum absolute atomic E-state index is 6.70. The molecule has 1 saturated heterocycles. The second kappa shape index (κ2) is 8.72. The van der Waals surface area contributed by atoms with Crippen LogP contribution in [0.25, 0.3) is 0 Å². The topological polar surface area (TPSA) is 34.2 Å². The average molecular weight is 572 g/mol. The monoisotopic (exact) mass is 571 g/mol. The Morgan fingerprint density at radius 1 is 0.581 bits per heavy atom. The van der Waals surface area contributed by atoms with Crippen molar-refractivity contribution in [2.75, 3.05) is 9.80 Å². The van der Waals surface area contributed by atoms with E-state index in [9.17, 15) is 0 Å². The van der Waals surface area contributed by atoms with Gasteiger partial charge in [-0.3, -0.25) is 4.90 Å². The molecule has 1 radical (unpaired) electrons. The van der Waals surface area contributed by atoms with Gasteiger partial charge in [-0.15, -0.1) is 0 Å². The SMILES string of the molecule is CC(C)c1cccc(C(C)C)c1N1[C](c2cc3c4c(c2)Oc2cccc5c2N4c2c(cccc2O3)O5)C(C)(C)CC1(C)C. The van der Waals surface area contributed by atoms with Crippen molar-refractivity contribution in [2.45, 2.75) is 79.2 Å². The Morgan fingerprint density at radius 2 is 1.00 bits per heavy atom. The molecule has 0 amide bonds. The van der Waals surface area contributed by atoms with Crippen LogP contribution in [0.1, 0.15) is 90.3 Å². The minimum Gasteiger partial charge on any atom is -0.453 e. The molecule has 219 valence electrons. The Morgan fingerprint density at radius 3 is 1.47 bits per heavy atom. The van der Waals surface area contributed by atoms with Gasteiger partial charge in [0, 0.05) is 11.2 Å². The van der Waals surface area contributed by atoms with E-state index in [1.807, 2.05) is 36.4 Å². The van der Waals surface area contributed by atoms with Crippen molar-refractivity contribution in [1.29, 1.82) is 0 Å². The molecule has 0 atom stereocenters. The lowest BCUT2D eigenvalue weighted by Gasteiger charge is -2.44. The average Bonchev–Trinajstić information content (AvgIpc) is 3.14. The Bertz CT molecular complexity index is 1720. The van der Waals surface area contributed by atoms with Crippen LogP contribution < -0.4 is 24.0 Å². The first kappa shape index (κ1) is 26.5. The van der Waals surface area contributed by atoms with Crippen LogP contribution in [-0.2, 0) is 0 Å². The van der Waals surface area contributed by atoms with E-state index in [1.54, 1.807) is 0 Å². The Balaban J connectivity index is 1.36. The molecule has 4 aliphatic heterocycles. The van der Waals surface area contributed by atoms with E-state index in [4.69, 9.17) is 14.2 Å². The van der Waals surface area contributed by atoms with Gasteiger partial charge in [0.2, 0.25) is 0 Å². The normalized spacial score (nSPS) is 18.4. The highest BCUT2D eigenvalue weighted by molar-refractivity contribution is 5.99. The summed E-state index contributed by atoms with van der Waals surface area (Å²) in [6.07, 6.45) is 1.02. The van der Waals surface area contributed by atoms with Gasteiger partial charge in [-0.05, 0) is 90.6 Å². The molecule has 4 aromatic carbocycles. The van der Waals surface area contributed by atoms with Crippen LogP contribution in [0.4, 0.5) is 22.7 Å². The fraction of sp³-hybridized carbons (Fsp3) is 0.342. The largest absolute Gasteiger partial charge is 0.453 e. The molecule has 4 aliphatic rings. The number of benzene rings is 4. The molecule has 0 N–H and O–H groups in total. The van der Waals surface area contributed by atoms with Crippen molar-refractivity contribution in [2.24, 2.45) is 5.41 Å². The number of hydrogen-bond acceptors (Lipinski definition) is 5. The molecule has 0 saturated carbocycles. The fourth-order valence-electron chi connectivity index (χ4n) is 8.11. The highest BCUT2D eigenvalue weighted by atomic mass is 16.5. The van der Waals surface area contributed by atoms with Gasteiger partial charge in [0.1, 0.15) is 17.1 Å². The zero-order chi connectivity index (χ0) is 30.0. The molecule has 43 heavy (non-hydrogen) atoms. The molecule has 5 nitrogen and oxygen atoms in total. The first-order valence-electron chi connectivity index (χ1n) is 15.5. The summed E-state index contributed by atoms with van der Waals surface area (Å²) in [6.45, 7) is 18.8. The summed E-state index contributed by atoms with van der Waals surface area (Å²) in [6, 6.07) is 24.7. The molecule has 0 bridgehead atoms. The van der Waals surface area contributed by atoms with Crippen molar-refractivity contribution in [3.8, 4) is 34.5 Å². The van der Waals surface area contributed by atoms with Crippen molar-refractivity contribution < 1.29 is 14.2 Å². The molecule has 0 aromatic heterocycles. The first-order valence-corrected chi connectivity index (χ1v) is 15.5. The molecule has 0 unspecified atom stereocenters.